The number of hydrogen-bond acceptors (Lipinski definition) is 5. The third-order valence-electron chi connectivity index (χ3n) is 3.00. The maximum absolute atomic E-state index is 10.8. The van der Waals surface area contributed by atoms with Crippen LogP contribution in [0.5, 0.6) is 0 Å². The topological polar surface area (TPSA) is 79.5 Å². The van der Waals surface area contributed by atoms with Crippen LogP contribution in [0.2, 0.25) is 0 Å². The molecule has 0 amide bonds. The first kappa shape index (κ1) is 15.2. The minimum atomic E-state index is -0.859. The monoisotopic (exact) mass is 289 g/mol. The predicted molar refractivity (Wildman–Crippen MR) is 77.7 cm³/mol. The van der Waals surface area contributed by atoms with E-state index in [4.69, 9.17) is 9.63 Å². The number of hydrogen-bond donors (Lipinski definition) is 1. The molecule has 0 saturated heterocycles. The summed E-state index contributed by atoms with van der Waals surface area (Å²) >= 11 is 0. The molecule has 0 bridgehead atoms. The van der Waals surface area contributed by atoms with Gasteiger partial charge in [0.25, 0.3) is 0 Å². The van der Waals surface area contributed by atoms with E-state index in [2.05, 4.69) is 10.1 Å². The van der Waals surface area contributed by atoms with Crippen LogP contribution in [0.1, 0.15) is 24.8 Å². The summed E-state index contributed by atoms with van der Waals surface area (Å²) in [6, 6.07) is 7.84. The van der Waals surface area contributed by atoms with Gasteiger partial charge in [0.05, 0.1) is 13.1 Å². The first-order chi connectivity index (χ1) is 10.1. The minimum absolute atomic E-state index is 0.0317. The summed E-state index contributed by atoms with van der Waals surface area (Å²) in [4.78, 5) is 16.9. The van der Waals surface area contributed by atoms with Crippen molar-refractivity contribution in [1.29, 1.82) is 0 Å². The number of nitrogens with zero attached hydrogens (tertiary/aromatic N) is 3. The lowest BCUT2D eigenvalue weighted by molar-refractivity contribution is -0.138. The number of aryl methyl sites for hydroxylation is 1. The lowest BCUT2D eigenvalue weighted by atomic mass is 10.1. The Morgan fingerprint density at radius 2 is 2.24 bits per heavy atom. The van der Waals surface area contributed by atoms with Crippen LogP contribution in [0.4, 0.5) is 0 Å². The molecule has 0 spiro atoms. The number of benzene rings is 1. The fourth-order valence-corrected chi connectivity index (χ4v) is 2.13. The molecule has 2 rings (SSSR count). The van der Waals surface area contributed by atoms with E-state index in [1.54, 1.807) is 4.90 Å². The minimum Gasteiger partial charge on any atom is -0.480 e. The van der Waals surface area contributed by atoms with Crippen LogP contribution in [0.25, 0.3) is 11.4 Å². The van der Waals surface area contributed by atoms with Crippen LogP contribution in [-0.4, -0.2) is 39.2 Å². The molecule has 0 atom stereocenters. The highest BCUT2D eigenvalue weighted by atomic mass is 16.5. The summed E-state index contributed by atoms with van der Waals surface area (Å²) in [5.74, 6) is 0.101. The molecule has 6 nitrogen and oxygen atoms in total. The Balaban J connectivity index is 2.10. The van der Waals surface area contributed by atoms with Gasteiger partial charge in [-0.05, 0) is 26.0 Å². The van der Waals surface area contributed by atoms with Crippen molar-refractivity contribution in [2.24, 2.45) is 0 Å². The molecule has 1 aromatic heterocycles. The maximum Gasteiger partial charge on any atom is 0.317 e. The Bertz CT molecular complexity index is 610. The van der Waals surface area contributed by atoms with E-state index < -0.39 is 5.97 Å². The van der Waals surface area contributed by atoms with Crippen molar-refractivity contribution in [2.45, 2.75) is 26.8 Å². The van der Waals surface area contributed by atoms with Crippen LogP contribution in [-0.2, 0) is 11.3 Å². The highest BCUT2D eigenvalue weighted by molar-refractivity contribution is 5.69. The van der Waals surface area contributed by atoms with Gasteiger partial charge in [0.15, 0.2) is 0 Å². The van der Waals surface area contributed by atoms with Gasteiger partial charge in [0, 0.05) is 5.56 Å². The quantitative estimate of drug-likeness (QED) is 0.842. The van der Waals surface area contributed by atoms with Gasteiger partial charge in [0.1, 0.15) is 0 Å². The Hall–Kier alpha value is -2.21. The van der Waals surface area contributed by atoms with E-state index in [1.807, 2.05) is 38.1 Å². The summed E-state index contributed by atoms with van der Waals surface area (Å²) in [5, 5.41) is 12.9. The third-order valence-corrected chi connectivity index (χ3v) is 3.00. The second-order valence-corrected chi connectivity index (χ2v) is 4.99. The van der Waals surface area contributed by atoms with Gasteiger partial charge in [-0.25, -0.2) is 0 Å². The second kappa shape index (κ2) is 6.99. The van der Waals surface area contributed by atoms with Crippen LogP contribution >= 0.6 is 0 Å². The molecule has 0 radical (unpaired) electrons. The molecule has 1 N–H and O–H groups in total. The number of carbonyl (C=O) groups is 1. The Labute approximate surface area is 123 Å². The van der Waals surface area contributed by atoms with E-state index in [9.17, 15) is 4.79 Å². The van der Waals surface area contributed by atoms with Gasteiger partial charge >= 0.3 is 5.97 Å². The van der Waals surface area contributed by atoms with Crippen LogP contribution in [0, 0.1) is 6.92 Å². The molecule has 0 unspecified atom stereocenters. The highest BCUT2D eigenvalue weighted by Gasteiger charge is 2.14. The molecule has 1 heterocycles. The number of aliphatic carboxylic acids is 1. The summed E-state index contributed by atoms with van der Waals surface area (Å²) in [6.45, 7) is 4.99. The zero-order valence-electron chi connectivity index (χ0n) is 12.2. The maximum atomic E-state index is 10.8. The smallest absolute Gasteiger partial charge is 0.317 e. The normalized spacial score (nSPS) is 11.0. The van der Waals surface area contributed by atoms with Crippen LogP contribution in [0.15, 0.2) is 28.8 Å². The lowest BCUT2D eigenvalue weighted by Crippen LogP contribution is -2.30. The third kappa shape index (κ3) is 4.39. The van der Waals surface area contributed by atoms with Crippen molar-refractivity contribution in [3.8, 4) is 11.4 Å². The second-order valence-electron chi connectivity index (χ2n) is 4.99. The van der Waals surface area contributed by atoms with Gasteiger partial charge in [-0.1, -0.05) is 35.8 Å². The molecule has 0 aliphatic heterocycles. The summed E-state index contributed by atoms with van der Waals surface area (Å²) < 4.78 is 5.22. The summed E-state index contributed by atoms with van der Waals surface area (Å²) in [6.07, 6.45) is 0.867. The predicted octanol–water partition coefficient (Wildman–Crippen LogP) is 2.34. The van der Waals surface area contributed by atoms with Crippen molar-refractivity contribution < 1.29 is 14.4 Å². The standard InChI is InChI=1S/C15H19N3O3/c1-3-7-18(10-14(19)20)9-13-16-15(17-21-13)12-6-4-5-11(2)8-12/h4-6,8H,3,7,9-10H2,1-2H3,(H,19,20). The Morgan fingerprint density at radius 1 is 1.43 bits per heavy atom. The zero-order valence-corrected chi connectivity index (χ0v) is 12.2. The molecule has 0 saturated carbocycles. The molecule has 0 aliphatic rings. The molecular weight excluding hydrogens is 270 g/mol. The summed E-state index contributed by atoms with van der Waals surface area (Å²) in [5.41, 5.74) is 2.02. The van der Waals surface area contributed by atoms with E-state index in [0.717, 1.165) is 17.5 Å². The number of carboxylic acids is 1. The van der Waals surface area contributed by atoms with E-state index in [-0.39, 0.29) is 6.54 Å². The average molecular weight is 289 g/mol. The number of aromatic nitrogens is 2. The highest BCUT2D eigenvalue weighted by Crippen LogP contribution is 2.17. The number of rotatable bonds is 7. The van der Waals surface area contributed by atoms with Gasteiger partial charge in [-0.15, -0.1) is 0 Å². The fraction of sp³-hybridized carbons (Fsp3) is 0.400. The van der Waals surface area contributed by atoms with E-state index >= 15 is 0 Å². The van der Waals surface area contributed by atoms with Crippen molar-refractivity contribution in [2.75, 3.05) is 13.1 Å². The van der Waals surface area contributed by atoms with Gasteiger partial charge in [-0.3, -0.25) is 9.69 Å². The van der Waals surface area contributed by atoms with Crippen molar-refractivity contribution >= 4 is 5.97 Å². The van der Waals surface area contributed by atoms with Crippen LogP contribution < -0.4 is 0 Å². The zero-order chi connectivity index (χ0) is 15.2. The van der Waals surface area contributed by atoms with Crippen LogP contribution in [0.3, 0.4) is 0 Å². The first-order valence-corrected chi connectivity index (χ1v) is 6.92. The van der Waals surface area contributed by atoms with Crippen molar-refractivity contribution in [1.82, 2.24) is 15.0 Å². The lowest BCUT2D eigenvalue weighted by Gasteiger charge is -2.16. The molecule has 1 aromatic carbocycles. The largest absolute Gasteiger partial charge is 0.480 e. The average Bonchev–Trinajstić information content (AvgIpc) is 2.87. The molecule has 2 aromatic rings. The number of carboxylic acid groups (broad SMARTS) is 1. The van der Waals surface area contributed by atoms with Crippen molar-refractivity contribution in [3.63, 3.8) is 0 Å². The van der Waals surface area contributed by atoms with Gasteiger partial charge in [-0.2, -0.15) is 4.98 Å². The van der Waals surface area contributed by atoms with E-state index in [0.29, 0.717) is 24.8 Å². The molecule has 6 heteroatoms. The van der Waals surface area contributed by atoms with Gasteiger partial charge in [0.2, 0.25) is 11.7 Å². The molecule has 0 fully saturated rings. The first-order valence-electron chi connectivity index (χ1n) is 6.92. The summed E-state index contributed by atoms with van der Waals surface area (Å²) in [7, 11) is 0. The van der Waals surface area contributed by atoms with Crippen molar-refractivity contribution in [3.05, 3.63) is 35.7 Å². The van der Waals surface area contributed by atoms with E-state index in [1.165, 1.54) is 0 Å². The fourth-order valence-electron chi connectivity index (χ4n) is 2.13. The SMILES string of the molecule is CCCN(CC(=O)O)Cc1nc(-c2cccc(C)c2)no1. The van der Waals surface area contributed by atoms with Gasteiger partial charge < -0.3 is 9.63 Å². The Morgan fingerprint density at radius 3 is 2.90 bits per heavy atom. The molecule has 112 valence electrons. The molecule has 21 heavy (non-hydrogen) atoms. The Kier molecular flexibility index (Phi) is 5.05. The molecular formula is C15H19N3O3. The molecule has 0 aliphatic carbocycles.